The van der Waals surface area contributed by atoms with E-state index in [-0.39, 0.29) is 6.17 Å². The van der Waals surface area contributed by atoms with Crippen molar-refractivity contribution in [2.24, 2.45) is 5.10 Å². The number of aliphatic hydroxyl groups is 3. The second-order valence-electron chi connectivity index (χ2n) is 7.91. The van der Waals surface area contributed by atoms with Crippen LogP contribution in [0.2, 0.25) is 5.02 Å². The molecule has 180 valence electrons. The maximum atomic E-state index is 11.4. The molecule has 34 heavy (non-hydrogen) atoms. The van der Waals surface area contributed by atoms with Gasteiger partial charge >= 0.3 is 0 Å². The molecule has 6 atom stereocenters. The first kappa shape index (κ1) is 23.6. The maximum absolute atomic E-state index is 11.4. The summed E-state index contributed by atoms with van der Waals surface area (Å²) in [6.07, 6.45) is -1.52. The average Bonchev–Trinajstić information content (AvgIpc) is 3.57. The zero-order valence-electron chi connectivity index (χ0n) is 17.7. The smallest absolute Gasteiger partial charge is 0.163 e. The van der Waals surface area contributed by atoms with Gasteiger partial charge in [0.1, 0.15) is 47.3 Å². The number of amidine groups is 1. The van der Waals surface area contributed by atoms with Crippen molar-refractivity contribution in [3.8, 4) is 10.7 Å². The van der Waals surface area contributed by atoms with E-state index < -0.39 is 37.1 Å². The number of halogens is 2. The minimum atomic E-state index is -1.27. The molecular weight excluding hydrogens is 550 g/mol. The normalized spacial score (nSPS) is 29.2. The van der Waals surface area contributed by atoms with E-state index in [9.17, 15) is 15.3 Å². The summed E-state index contributed by atoms with van der Waals surface area (Å²) in [6.45, 7) is 1.43. The minimum Gasteiger partial charge on any atom is -0.394 e. The summed E-state index contributed by atoms with van der Waals surface area (Å²) in [5.74, 6) is 0.374. The fourth-order valence-corrected chi connectivity index (χ4v) is 5.36. The van der Waals surface area contributed by atoms with E-state index in [2.05, 4.69) is 41.8 Å². The van der Waals surface area contributed by atoms with Crippen molar-refractivity contribution in [1.82, 2.24) is 25.4 Å². The average molecular weight is 571 g/mol. The quantitative estimate of drug-likeness (QED) is 0.360. The van der Waals surface area contributed by atoms with Gasteiger partial charge in [0, 0.05) is 21.1 Å². The summed E-state index contributed by atoms with van der Waals surface area (Å²) in [6, 6.07) is 4.38. The van der Waals surface area contributed by atoms with E-state index >= 15 is 0 Å². The molecule has 0 bridgehead atoms. The zero-order valence-corrected chi connectivity index (χ0v) is 20.9. The number of rotatable bonds is 5. The van der Waals surface area contributed by atoms with Gasteiger partial charge in [-0.25, -0.2) is 9.67 Å². The molecule has 14 heteroatoms. The fraction of sp³-hybridized carbons (Fsp3) is 0.400. The molecule has 2 aromatic heterocycles. The van der Waals surface area contributed by atoms with Crippen molar-refractivity contribution in [2.75, 3.05) is 11.5 Å². The van der Waals surface area contributed by atoms with Gasteiger partial charge < -0.3 is 25.0 Å². The van der Waals surface area contributed by atoms with E-state index in [1.807, 2.05) is 23.3 Å². The molecule has 0 saturated carbocycles. The lowest BCUT2D eigenvalue weighted by molar-refractivity contribution is -0.185. The number of hydrazone groups is 1. The third kappa shape index (κ3) is 4.11. The molecule has 1 unspecified atom stereocenters. The van der Waals surface area contributed by atoms with E-state index in [0.29, 0.717) is 21.6 Å². The van der Waals surface area contributed by atoms with Crippen LogP contribution in [0.1, 0.15) is 13.0 Å². The number of nitrogens with zero attached hydrogens (tertiary/aromatic N) is 6. The molecule has 0 spiro atoms. The van der Waals surface area contributed by atoms with E-state index in [1.165, 1.54) is 16.0 Å². The number of anilines is 1. The van der Waals surface area contributed by atoms with Gasteiger partial charge in [-0.3, -0.25) is 5.43 Å². The Kier molecular flexibility index (Phi) is 6.59. The predicted molar refractivity (Wildman–Crippen MR) is 130 cm³/mol. The van der Waals surface area contributed by atoms with Gasteiger partial charge in [0.15, 0.2) is 5.84 Å². The first-order chi connectivity index (χ1) is 16.4. The van der Waals surface area contributed by atoms with Gasteiger partial charge in [-0.15, -0.1) is 16.4 Å². The molecule has 1 fully saturated rings. The van der Waals surface area contributed by atoms with Crippen molar-refractivity contribution in [2.45, 2.75) is 43.5 Å². The Morgan fingerprint density at radius 1 is 1.29 bits per heavy atom. The van der Waals surface area contributed by atoms with Crippen molar-refractivity contribution in [3.63, 3.8) is 0 Å². The molecule has 5 rings (SSSR count). The van der Waals surface area contributed by atoms with Crippen LogP contribution in [0.5, 0.6) is 0 Å². The number of nitrogens with one attached hydrogen (secondary N) is 1. The van der Waals surface area contributed by atoms with Gasteiger partial charge in [-0.2, -0.15) is 5.10 Å². The lowest BCUT2D eigenvalue weighted by atomic mass is 9.91. The first-order valence-corrected chi connectivity index (χ1v) is 12.5. The Morgan fingerprint density at radius 2 is 2.12 bits per heavy atom. The Labute approximate surface area is 211 Å². The molecule has 2 aliphatic rings. The fourth-order valence-electron chi connectivity index (χ4n) is 4.17. The van der Waals surface area contributed by atoms with Crippen LogP contribution >= 0.6 is 38.9 Å². The van der Waals surface area contributed by atoms with Crippen LogP contribution in [0.4, 0.5) is 5.69 Å². The van der Waals surface area contributed by atoms with Gasteiger partial charge in [-0.1, -0.05) is 16.8 Å². The summed E-state index contributed by atoms with van der Waals surface area (Å²) in [5, 5.41) is 47.9. The number of benzene rings is 1. The Bertz CT molecular complexity index is 1200. The topological polar surface area (TPSA) is 141 Å². The number of thiazole rings is 1. The van der Waals surface area contributed by atoms with Crippen LogP contribution in [0.3, 0.4) is 0 Å². The van der Waals surface area contributed by atoms with Crippen molar-refractivity contribution in [3.05, 3.63) is 45.5 Å². The highest BCUT2D eigenvalue weighted by Gasteiger charge is 2.50. The highest BCUT2D eigenvalue weighted by molar-refractivity contribution is 9.10. The van der Waals surface area contributed by atoms with Crippen LogP contribution in [0, 0.1) is 0 Å². The third-order valence-corrected chi connectivity index (χ3v) is 7.48. The standard InChI is InChI=1S/C20H21BrClN7O4S/c1-9-24-26-19(29(9)13-6-10(22)2-3-11(13)21)18-17(32)15(16(31)14(8-30)33-18)28-7-12(25-27-28)20-23-4-5-34-20/h2-7,9,14-18,24,30-32H,8H2,1H3/t9?,14-,15+,16+,17-,18-/m1/s1. The Balaban J connectivity index is 1.51. The molecule has 3 aromatic rings. The second-order valence-corrected chi connectivity index (χ2v) is 10.1. The molecular formula is C20H21BrClN7O4S. The van der Waals surface area contributed by atoms with E-state index in [1.54, 1.807) is 24.5 Å². The summed E-state index contributed by atoms with van der Waals surface area (Å²) in [7, 11) is 0. The Hall–Kier alpha value is -2.13. The first-order valence-electron chi connectivity index (χ1n) is 10.4. The van der Waals surface area contributed by atoms with Crippen LogP contribution < -0.4 is 10.3 Å². The highest BCUT2D eigenvalue weighted by Crippen LogP contribution is 2.37. The van der Waals surface area contributed by atoms with Crippen LogP contribution in [-0.2, 0) is 4.74 Å². The molecule has 4 heterocycles. The molecule has 11 nitrogen and oxygen atoms in total. The number of ether oxygens (including phenoxy) is 1. The lowest BCUT2D eigenvalue weighted by Crippen LogP contribution is -2.60. The molecule has 0 aliphatic carbocycles. The maximum Gasteiger partial charge on any atom is 0.163 e. The van der Waals surface area contributed by atoms with Crippen LogP contribution in [-0.4, -0.2) is 78.3 Å². The van der Waals surface area contributed by atoms with Crippen molar-refractivity contribution >= 4 is 50.4 Å². The summed E-state index contributed by atoms with van der Waals surface area (Å²) >= 11 is 11.2. The Morgan fingerprint density at radius 3 is 2.85 bits per heavy atom. The van der Waals surface area contributed by atoms with Gasteiger partial charge in [0.2, 0.25) is 0 Å². The number of hydrogen-bond acceptors (Lipinski definition) is 11. The molecule has 1 saturated heterocycles. The molecule has 2 aliphatic heterocycles. The minimum absolute atomic E-state index is 0.277. The zero-order chi connectivity index (χ0) is 24.0. The van der Waals surface area contributed by atoms with Gasteiger partial charge in [0.25, 0.3) is 0 Å². The van der Waals surface area contributed by atoms with Crippen LogP contribution in [0.25, 0.3) is 10.7 Å². The predicted octanol–water partition coefficient (Wildman–Crippen LogP) is 1.61. The largest absolute Gasteiger partial charge is 0.394 e. The molecule has 0 radical (unpaired) electrons. The van der Waals surface area contributed by atoms with Gasteiger partial charge in [-0.05, 0) is 41.1 Å². The monoisotopic (exact) mass is 569 g/mol. The van der Waals surface area contributed by atoms with Gasteiger partial charge in [0.05, 0.1) is 18.5 Å². The summed E-state index contributed by atoms with van der Waals surface area (Å²) in [5.41, 5.74) is 4.22. The number of aliphatic hydroxyl groups excluding tert-OH is 3. The van der Waals surface area contributed by atoms with E-state index in [0.717, 1.165) is 10.2 Å². The van der Waals surface area contributed by atoms with Crippen molar-refractivity contribution in [1.29, 1.82) is 0 Å². The highest BCUT2D eigenvalue weighted by atomic mass is 79.9. The summed E-state index contributed by atoms with van der Waals surface area (Å²) < 4.78 is 8.12. The second kappa shape index (κ2) is 9.49. The molecule has 1 aromatic carbocycles. The summed E-state index contributed by atoms with van der Waals surface area (Å²) in [4.78, 5) is 6.07. The number of hydrogen-bond donors (Lipinski definition) is 4. The van der Waals surface area contributed by atoms with Crippen LogP contribution in [0.15, 0.2) is 45.5 Å². The SMILES string of the molecule is CC1NN=C([C@@H]2O[C@H](CO)[C@H](O)[C@H](n3cc(-c4nccs4)nn3)[C@H]2O)N1c1cc(Cl)ccc1Br. The third-order valence-electron chi connectivity index (χ3n) is 5.78. The molecule has 0 amide bonds. The lowest BCUT2D eigenvalue weighted by Gasteiger charge is -2.43. The molecule has 4 N–H and O–H groups in total. The van der Waals surface area contributed by atoms with Crippen molar-refractivity contribution < 1.29 is 20.1 Å². The van der Waals surface area contributed by atoms with E-state index in [4.69, 9.17) is 16.3 Å². The number of aromatic nitrogens is 4.